The average Bonchev–Trinajstić information content (AvgIpc) is 2.32. The summed E-state index contributed by atoms with van der Waals surface area (Å²) in [5, 5.41) is 12.9. The smallest absolute Gasteiger partial charge is 0.261 e. The quantitative estimate of drug-likeness (QED) is 0.698. The van der Waals surface area contributed by atoms with E-state index in [1.54, 1.807) is 0 Å². The number of rotatable bonds is 7. The van der Waals surface area contributed by atoms with E-state index >= 15 is 0 Å². The minimum Gasteiger partial charge on any atom is -0.388 e. The third-order valence-corrected chi connectivity index (χ3v) is 3.40. The van der Waals surface area contributed by atoms with Gasteiger partial charge in [-0.25, -0.2) is 8.78 Å². The Morgan fingerprint density at radius 1 is 1.58 bits per heavy atom. The van der Waals surface area contributed by atoms with E-state index in [1.165, 1.54) is 0 Å². The van der Waals surface area contributed by atoms with Crippen LogP contribution in [0.4, 0.5) is 8.78 Å². The molecule has 1 aliphatic rings. The van der Waals surface area contributed by atoms with Gasteiger partial charge in [0.05, 0.1) is 12.2 Å². The second kappa shape index (κ2) is 7.75. The molecule has 1 rings (SSSR count). The summed E-state index contributed by atoms with van der Waals surface area (Å²) >= 11 is 0. The number of carbonyl (C=O) groups is 1. The van der Waals surface area contributed by atoms with Gasteiger partial charge in [-0.15, -0.1) is 0 Å². The lowest BCUT2D eigenvalue weighted by Crippen LogP contribution is -2.45. The number of hydrogen-bond acceptors (Lipinski definition) is 3. The molecular weight excluding hydrogens is 256 g/mol. The number of carbonyl (C=O) groups excluding carboxylic acids is 1. The van der Waals surface area contributed by atoms with Crippen LogP contribution >= 0.6 is 0 Å². The lowest BCUT2D eigenvalue weighted by atomic mass is 9.79. The summed E-state index contributed by atoms with van der Waals surface area (Å²) in [6, 6.07) is 0. The molecule has 0 aromatic carbocycles. The predicted molar refractivity (Wildman–Crippen MR) is 67.0 cm³/mol. The second-order valence-corrected chi connectivity index (χ2v) is 5.42. The van der Waals surface area contributed by atoms with Crippen LogP contribution in [0.25, 0.3) is 0 Å². The Morgan fingerprint density at radius 3 is 2.95 bits per heavy atom. The minimum atomic E-state index is -2.51. The average molecular weight is 279 g/mol. The van der Waals surface area contributed by atoms with Gasteiger partial charge in [0.25, 0.3) is 6.43 Å². The fourth-order valence-electron chi connectivity index (χ4n) is 2.48. The van der Waals surface area contributed by atoms with Gasteiger partial charge in [0, 0.05) is 13.0 Å². The predicted octanol–water partition coefficient (Wildman–Crippen LogP) is 1.72. The van der Waals surface area contributed by atoms with Crippen molar-refractivity contribution in [1.29, 1.82) is 0 Å². The highest BCUT2D eigenvalue weighted by Crippen LogP contribution is 2.31. The van der Waals surface area contributed by atoms with E-state index < -0.39 is 18.6 Å². The molecule has 0 heterocycles. The van der Waals surface area contributed by atoms with E-state index in [0.717, 1.165) is 12.8 Å². The Hall–Kier alpha value is -0.750. The van der Waals surface area contributed by atoms with Crippen LogP contribution in [0.15, 0.2) is 0 Å². The molecule has 4 nitrogen and oxygen atoms in total. The third kappa shape index (κ3) is 6.82. The van der Waals surface area contributed by atoms with Crippen molar-refractivity contribution in [2.75, 3.05) is 19.8 Å². The summed E-state index contributed by atoms with van der Waals surface area (Å²) in [4.78, 5) is 11.5. The van der Waals surface area contributed by atoms with Crippen LogP contribution < -0.4 is 5.32 Å². The zero-order valence-corrected chi connectivity index (χ0v) is 11.3. The third-order valence-electron chi connectivity index (χ3n) is 3.40. The molecule has 1 aliphatic carbocycles. The monoisotopic (exact) mass is 279 g/mol. The SMILES string of the molecule is CC1CCCC(O)(CNC(=O)CCOCC(F)F)C1. The van der Waals surface area contributed by atoms with Crippen LogP contribution in [0, 0.1) is 5.92 Å². The molecule has 2 atom stereocenters. The molecule has 0 saturated heterocycles. The van der Waals surface area contributed by atoms with Crippen molar-refractivity contribution in [2.45, 2.75) is 51.1 Å². The number of aliphatic hydroxyl groups is 1. The Kier molecular flexibility index (Phi) is 6.65. The molecule has 0 radical (unpaired) electrons. The summed E-state index contributed by atoms with van der Waals surface area (Å²) < 4.78 is 28.2. The summed E-state index contributed by atoms with van der Waals surface area (Å²) in [6.07, 6.45) is 0.989. The largest absolute Gasteiger partial charge is 0.388 e. The summed E-state index contributed by atoms with van der Waals surface area (Å²) in [5.74, 6) is 0.186. The fourth-order valence-corrected chi connectivity index (χ4v) is 2.48. The Morgan fingerprint density at radius 2 is 2.32 bits per heavy atom. The highest BCUT2D eigenvalue weighted by Gasteiger charge is 2.32. The zero-order valence-electron chi connectivity index (χ0n) is 11.3. The van der Waals surface area contributed by atoms with Crippen LogP contribution in [0.3, 0.4) is 0 Å². The molecule has 1 amide bonds. The van der Waals surface area contributed by atoms with Crippen molar-refractivity contribution in [3.63, 3.8) is 0 Å². The van der Waals surface area contributed by atoms with Gasteiger partial charge >= 0.3 is 0 Å². The molecular formula is C13H23F2NO3. The maximum atomic E-state index is 11.8. The lowest BCUT2D eigenvalue weighted by Gasteiger charge is -2.35. The van der Waals surface area contributed by atoms with Crippen molar-refractivity contribution in [1.82, 2.24) is 5.32 Å². The molecule has 0 aliphatic heterocycles. The van der Waals surface area contributed by atoms with Crippen LogP contribution in [0.1, 0.15) is 39.0 Å². The molecule has 6 heteroatoms. The molecule has 2 N–H and O–H groups in total. The van der Waals surface area contributed by atoms with Crippen molar-refractivity contribution in [3.05, 3.63) is 0 Å². The number of amides is 1. The minimum absolute atomic E-state index is 0.0228. The van der Waals surface area contributed by atoms with Crippen LogP contribution in [-0.4, -0.2) is 42.8 Å². The van der Waals surface area contributed by atoms with Crippen LogP contribution in [0.2, 0.25) is 0 Å². The van der Waals surface area contributed by atoms with E-state index in [1.807, 2.05) is 0 Å². The van der Waals surface area contributed by atoms with Gasteiger partial charge in [-0.1, -0.05) is 19.8 Å². The first-order valence-electron chi connectivity index (χ1n) is 6.76. The van der Waals surface area contributed by atoms with Gasteiger partial charge in [-0.2, -0.15) is 0 Å². The number of hydrogen-bond donors (Lipinski definition) is 2. The van der Waals surface area contributed by atoms with E-state index in [2.05, 4.69) is 17.0 Å². The van der Waals surface area contributed by atoms with E-state index in [4.69, 9.17) is 0 Å². The number of nitrogens with one attached hydrogen (secondary N) is 1. The Labute approximate surface area is 112 Å². The highest BCUT2D eigenvalue weighted by molar-refractivity contribution is 5.76. The molecule has 0 spiro atoms. The van der Waals surface area contributed by atoms with Crippen molar-refractivity contribution in [2.24, 2.45) is 5.92 Å². The van der Waals surface area contributed by atoms with E-state index in [0.29, 0.717) is 18.8 Å². The Bertz CT molecular complexity index is 289. The van der Waals surface area contributed by atoms with Gasteiger partial charge in [-0.05, 0) is 18.8 Å². The molecule has 0 bridgehead atoms. The van der Waals surface area contributed by atoms with Crippen LogP contribution in [-0.2, 0) is 9.53 Å². The summed E-state index contributed by atoms with van der Waals surface area (Å²) in [5.41, 5.74) is -0.822. The highest BCUT2D eigenvalue weighted by atomic mass is 19.3. The van der Waals surface area contributed by atoms with Gasteiger partial charge in [0.2, 0.25) is 5.91 Å². The molecule has 1 saturated carbocycles. The second-order valence-electron chi connectivity index (χ2n) is 5.42. The Balaban J connectivity index is 2.15. The number of halogens is 2. The maximum Gasteiger partial charge on any atom is 0.261 e. The molecule has 0 aromatic rings. The van der Waals surface area contributed by atoms with Crippen molar-refractivity contribution >= 4 is 5.91 Å². The van der Waals surface area contributed by atoms with Gasteiger partial charge in [-0.3, -0.25) is 4.79 Å². The molecule has 19 heavy (non-hydrogen) atoms. The molecule has 1 fully saturated rings. The zero-order chi connectivity index (χ0) is 14.3. The maximum absolute atomic E-state index is 11.8. The standard InChI is InChI=1S/C13H23F2NO3/c1-10-3-2-5-13(18,7-10)9-16-12(17)4-6-19-8-11(14)15/h10-11,18H,2-9H2,1H3,(H,16,17). The first-order chi connectivity index (χ1) is 8.91. The normalized spacial score (nSPS) is 27.5. The summed E-state index contributed by atoms with van der Waals surface area (Å²) in [7, 11) is 0. The number of alkyl halides is 2. The van der Waals surface area contributed by atoms with Crippen molar-refractivity contribution < 1.29 is 23.4 Å². The van der Waals surface area contributed by atoms with Crippen molar-refractivity contribution in [3.8, 4) is 0 Å². The molecule has 2 unspecified atom stereocenters. The van der Waals surface area contributed by atoms with Gasteiger partial charge in [0.15, 0.2) is 0 Å². The first kappa shape index (κ1) is 16.3. The van der Waals surface area contributed by atoms with Gasteiger partial charge < -0.3 is 15.2 Å². The fraction of sp³-hybridized carbons (Fsp3) is 0.923. The summed E-state index contributed by atoms with van der Waals surface area (Å²) in [6.45, 7) is 1.65. The molecule has 112 valence electrons. The lowest BCUT2D eigenvalue weighted by molar-refractivity contribution is -0.124. The van der Waals surface area contributed by atoms with E-state index in [-0.39, 0.29) is 25.5 Å². The molecule has 0 aromatic heterocycles. The van der Waals surface area contributed by atoms with E-state index in [9.17, 15) is 18.7 Å². The van der Waals surface area contributed by atoms with Crippen LogP contribution in [0.5, 0.6) is 0 Å². The first-order valence-corrected chi connectivity index (χ1v) is 6.76. The van der Waals surface area contributed by atoms with Gasteiger partial charge in [0.1, 0.15) is 6.61 Å². The number of ether oxygens (including phenoxy) is 1. The topological polar surface area (TPSA) is 58.6 Å².